The second-order valence-corrected chi connectivity index (χ2v) is 9.34. The van der Waals surface area contributed by atoms with Gasteiger partial charge in [0.2, 0.25) is 15.9 Å². The molecular formula is C22H19Cl2FN2O3S. The molecule has 0 spiro atoms. The number of halogens is 3. The van der Waals surface area contributed by atoms with E-state index in [1.165, 1.54) is 30.3 Å². The van der Waals surface area contributed by atoms with Crippen LogP contribution in [0, 0.1) is 5.82 Å². The number of carbonyl (C=O) groups excluding carboxylic acids is 1. The normalized spacial score (nSPS) is 11.3. The number of rotatable bonds is 8. The highest BCUT2D eigenvalue weighted by molar-refractivity contribution is 7.89. The molecule has 0 unspecified atom stereocenters. The van der Waals surface area contributed by atoms with Gasteiger partial charge in [0.25, 0.3) is 0 Å². The lowest BCUT2D eigenvalue weighted by Gasteiger charge is -2.10. The van der Waals surface area contributed by atoms with Gasteiger partial charge in [-0.1, -0.05) is 53.5 Å². The van der Waals surface area contributed by atoms with Gasteiger partial charge in [0, 0.05) is 23.1 Å². The first-order valence-corrected chi connectivity index (χ1v) is 11.5. The summed E-state index contributed by atoms with van der Waals surface area (Å²) in [6.45, 7) is 0.0911. The fourth-order valence-corrected chi connectivity index (χ4v) is 4.47. The molecular weight excluding hydrogens is 462 g/mol. The van der Waals surface area contributed by atoms with Crippen molar-refractivity contribution < 1.29 is 17.6 Å². The lowest BCUT2D eigenvalue weighted by Crippen LogP contribution is -2.26. The highest BCUT2D eigenvalue weighted by Gasteiger charge is 2.15. The Morgan fingerprint density at radius 1 is 0.871 bits per heavy atom. The molecule has 0 saturated heterocycles. The summed E-state index contributed by atoms with van der Waals surface area (Å²) in [5.41, 5.74) is 1.64. The Bertz CT molecular complexity index is 1180. The quantitative estimate of drug-likeness (QED) is 0.499. The molecule has 0 aromatic heterocycles. The Balaban J connectivity index is 1.62. The minimum absolute atomic E-state index is 0.00564. The van der Waals surface area contributed by atoms with Gasteiger partial charge in [-0.25, -0.2) is 17.5 Å². The second kappa shape index (κ2) is 10.2. The third-order valence-corrected chi connectivity index (χ3v) is 6.56. The number of carbonyl (C=O) groups is 1. The zero-order valence-corrected chi connectivity index (χ0v) is 18.6. The van der Waals surface area contributed by atoms with Gasteiger partial charge in [0.05, 0.1) is 11.3 Å². The van der Waals surface area contributed by atoms with Gasteiger partial charge in [0.15, 0.2) is 0 Å². The summed E-state index contributed by atoms with van der Waals surface area (Å²) in [6, 6.07) is 16.9. The maximum absolute atomic E-state index is 13.3. The van der Waals surface area contributed by atoms with Crippen LogP contribution in [0.2, 0.25) is 10.0 Å². The monoisotopic (exact) mass is 480 g/mol. The lowest BCUT2D eigenvalue weighted by molar-refractivity contribution is -0.120. The molecule has 9 heteroatoms. The van der Waals surface area contributed by atoms with Crippen molar-refractivity contribution in [3.05, 3.63) is 99.3 Å². The first-order chi connectivity index (χ1) is 14.7. The van der Waals surface area contributed by atoms with E-state index in [2.05, 4.69) is 10.0 Å². The van der Waals surface area contributed by atoms with E-state index in [1.807, 2.05) is 0 Å². The number of hydrogen-bond acceptors (Lipinski definition) is 3. The van der Waals surface area contributed by atoms with Gasteiger partial charge in [-0.3, -0.25) is 4.79 Å². The summed E-state index contributed by atoms with van der Waals surface area (Å²) in [7, 11) is -3.81. The summed E-state index contributed by atoms with van der Waals surface area (Å²) in [5, 5.41) is 3.54. The largest absolute Gasteiger partial charge is 0.352 e. The molecule has 162 valence electrons. The van der Waals surface area contributed by atoms with E-state index < -0.39 is 15.8 Å². The Morgan fingerprint density at radius 2 is 1.48 bits per heavy atom. The summed E-state index contributed by atoms with van der Waals surface area (Å²) < 4.78 is 40.9. The summed E-state index contributed by atoms with van der Waals surface area (Å²) in [5.74, 6) is -0.736. The fourth-order valence-electron chi connectivity index (χ4n) is 2.86. The molecule has 1 amide bonds. The van der Waals surface area contributed by atoms with Gasteiger partial charge in [-0.05, 0) is 53.1 Å². The first kappa shape index (κ1) is 23.2. The van der Waals surface area contributed by atoms with Crippen molar-refractivity contribution in [1.29, 1.82) is 0 Å². The second-order valence-electron chi connectivity index (χ2n) is 6.76. The molecule has 3 aromatic carbocycles. The van der Waals surface area contributed by atoms with Crippen LogP contribution in [0.15, 0.2) is 71.6 Å². The first-order valence-electron chi connectivity index (χ1n) is 9.27. The van der Waals surface area contributed by atoms with Crippen molar-refractivity contribution in [2.45, 2.75) is 24.4 Å². The predicted octanol–water partition coefficient (Wildman–Crippen LogP) is 4.47. The molecule has 0 bridgehead atoms. The SMILES string of the molecule is O=C(Cc1c(Cl)cccc1Cl)NCc1cccc(S(=O)(=O)NCc2cccc(F)c2)c1. The van der Waals surface area contributed by atoms with Gasteiger partial charge < -0.3 is 5.32 Å². The topological polar surface area (TPSA) is 75.3 Å². The minimum atomic E-state index is -3.81. The van der Waals surface area contributed by atoms with Gasteiger partial charge in [-0.2, -0.15) is 0 Å². The van der Waals surface area contributed by atoms with Crippen LogP contribution in [-0.4, -0.2) is 14.3 Å². The Kier molecular flexibility index (Phi) is 7.67. The third-order valence-electron chi connectivity index (χ3n) is 4.45. The van der Waals surface area contributed by atoms with E-state index in [1.54, 1.807) is 36.4 Å². The predicted molar refractivity (Wildman–Crippen MR) is 119 cm³/mol. The van der Waals surface area contributed by atoms with Crippen LogP contribution in [-0.2, 0) is 34.3 Å². The number of sulfonamides is 1. The average Bonchev–Trinajstić information content (AvgIpc) is 2.74. The van der Waals surface area contributed by atoms with Crippen LogP contribution < -0.4 is 10.0 Å². The summed E-state index contributed by atoms with van der Waals surface area (Å²) in [4.78, 5) is 12.3. The van der Waals surface area contributed by atoms with E-state index in [0.717, 1.165) is 0 Å². The van der Waals surface area contributed by atoms with Crippen LogP contribution in [0.1, 0.15) is 16.7 Å². The highest BCUT2D eigenvalue weighted by Crippen LogP contribution is 2.24. The molecule has 2 N–H and O–H groups in total. The van der Waals surface area contributed by atoms with Gasteiger partial charge >= 0.3 is 0 Å². The van der Waals surface area contributed by atoms with Crippen molar-refractivity contribution in [3.8, 4) is 0 Å². The molecule has 31 heavy (non-hydrogen) atoms. The molecule has 0 radical (unpaired) electrons. The number of nitrogens with one attached hydrogen (secondary N) is 2. The minimum Gasteiger partial charge on any atom is -0.352 e. The zero-order valence-electron chi connectivity index (χ0n) is 16.2. The van der Waals surface area contributed by atoms with Crippen LogP contribution in [0.4, 0.5) is 4.39 Å². The maximum atomic E-state index is 13.3. The van der Waals surface area contributed by atoms with Crippen LogP contribution in [0.3, 0.4) is 0 Å². The molecule has 0 aliphatic rings. The molecule has 0 heterocycles. The molecule has 0 fully saturated rings. The van der Waals surface area contributed by atoms with Crippen LogP contribution in [0.5, 0.6) is 0 Å². The number of hydrogen-bond donors (Lipinski definition) is 2. The lowest BCUT2D eigenvalue weighted by atomic mass is 10.1. The van der Waals surface area contributed by atoms with Crippen molar-refractivity contribution in [2.24, 2.45) is 0 Å². The molecule has 5 nitrogen and oxygen atoms in total. The average molecular weight is 481 g/mol. The van der Waals surface area contributed by atoms with Crippen molar-refractivity contribution in [2.75, 3.05) is 0 Å². The standard InChI is InChI=1S/C22H19Cl2FN2O3S/c23-20-8-3-9-21(24)19(20)12-22(28)26-13-16-5-2-7-18(11-16)31(29,30)27-14-15-4-1-6-17(25)10-15/h1-11,27H,12-14H2,(H,26,28). The molecule has 0 aliphatic heterocycles. The van der Waals surface area contributed by atoms with Gasteiger partial charge in [0.1, 0.15) is 5.82 Å². The zero-order chi connectivity index (χ0) is 22.4. The van der Waals surface area contributed by atoms with E-state index >= 15 is 0 Å². The van der Waals surface area contributed by atoms with Crippen molar-refractivity contribution in [1.82, 2.24) is 10.0 Å². The molecule has 3 rings (SSSR count). The molecule has 0 aliphatic carbocycles. The van der Waals surface area contributed by atoms with E-state index in [0.29, 0.717) is 26.7 Å². The smallest absolute Gasteiger partial charge is 0.240 e. The Morgan fingerprint density at radius 3 is 2.16 bits per heavy atom. The Labute approximate surface area is 190 Å². The van der Waals surface area contributed by atoms with E-state index in [4.69, 9.17) is 23.2 Å². The number of benzene rings is 3. The Hall–Kier alpha value is -2.45. The van der Waals surface area contributed by atoms with Crippen molar-refractivity contribution in [3.63, 3.8) is 0 Å². The van der Waals surface area contributed by atoms with E-state index in [-0.39, 0.29) is 30.3 Å². The van der Waals surface area contributed by atoms with E-state index in [9.17, 15) is 17.6 Å². The molecule has 0 saturated carbocycles. The van der Waals surface area contributed by atoms with Crippen LogP contribution in [0.25, 0.3) is 0 Å². The molecule has 3 aromatic rings. The summed E-state index contributed by atoms with van der Waals surface area (Å²) in [6.07, 6.45) is 0.00564. The summed E-state index contributed by atoms with van der Waals surface area (Å²) >= 11 is 12.2. The third kappa shape index (κ3) is 6.51. The number of amides is 1. The van der Waals surface area contributed by atoms with Gasteiger partial charge in [-0.15, -0.1) is 0 Å². The van der Waals surface area contributed by atoms with Crippen LogP contribution >= 0.6 is 23.2 Å². The maximum Gasteiger partial charge on any atom is 0.240 e. The highest BCUT2D eigenvalue weighted by atomic mass is 35.5. The molecule has 0 atom stereocenters. The fraction of sp³-hybridized carbons (Fsp3) is 0.136. The van der Waals surface area contributed by atoms with Crippen molar-refractivity contribution >= 4 is 39.1 Å².